The Morgan fingerprint density at radius 1 is 1.16 bits per heavy atom. The summed E-state index contributed by atoms with van der Waals surface area (Å²) in [5, 5.41) is 3.88. The number of aryl methyl sites for hydroxylation is 1. The van der Waals surface area contributed by atoms with Crippen molar-refractivity contribution in [3.05, 3.63) is 40.7 Å². The van der Waals surface area contributed by atoms with Gasteiger partial charge in [0, 0.05) is 42.2 Å². The number of hydrogen-bond donors (Lipinski definition) is 1. The standard InChI is InChI=1S/C25H35ClN4O2/c1-18-5-3-4-13-30(18)16-12-27-24(31)20-10-14-29(15-11-20)17-23-19(2)32-25(28-23)21-6-8-22(26)9-7-21/h6-9,18,20H,3-5,10-17H2,1-2H3,(H,27,31)/t18-/m1/s1. The van der Waals surface area contributed by atoms with E-state index in [1.165, 1.54) is 19.3 Å². The largest absolute Gasteiger partial charge is 0.441 e. The molecule has 1 aromatic heterocycles. The van der Waals surface area contributed by atoms with Gasteiger partial charge in [-0.25, -0.2) is 4.98 Å². The van der Waals surface area contributed by atoms with Crippen molar-refractivity contribution in [1.29, 1.82) is 0 Å². The summed E-state index contributed by atoms with van der Waals surface area (Å²) >= 11 is 5.98. The lowest BCUT2D eigenvalue weighted by Crippen LogP contribution is -2.45. The maximum absolute atomic E-state index is 12.6. The third-order valence-corrected chi connectivity index (χ3v) is 7.21. The molecule has 2 aliphatic rings. The van der Waals surface area contributed by atoms with E-state index in [1.807, 2.05) is 31.2 Å². The third kappa shape index (κ3) is 5.91. The molecule has 3 heterocycles. The number of piperidine rings is 2. The van der Waals surface area contributed by atoms with Gasteiger partial charge >= 0.3 is 0 Å². The van der Waals surface area contributed by atoms with Gasteiger partial charge in [-0.3, -0.25) is 14.6 Å². The van der Waals surface area contributed by atoms with Gasteiger partial charge in [-0.15, -0.1) is 0 Å². The Labute approximate surface area is 196 Å². The zero-order chi connectivity index (χ0) is 22.5. The van der Waals surface area contributed by atoms with Crippen molar-refractivity contribution in [3.8, 4) is 11.5 Å². The van der Waals surface area contributed by atoms with Crippen molar-refractivity contribution < 1.29 is 9.21 Å². The maximum Gasteiger partial charge on any atom is 0.226 e. The highest BCUT2D eigenvalue weighted by Gasteiger charge is 2.26. The van der Waals surface area contributed by atoms with Gasteiger partial charge in [-0.05, 0) is 83.4 Å². The minimum absolute atomic E-state index is 0.119. The van der Waals surface area contributed by atoms with Crippen molar-refractivity contribution in [2.45, 2.75) is 58.5 Å². The van der Waals surface area contributed by atoms with Gasteiger partial charge in [0.05, 0.1) is 5.69 Å². The van der Waals surface area contributed by atoms with Gasteiger partial charge < -0.3 is 9.73 Å². The molecular formula is C25H35ClN4O2. The molecule has 2 aromatic rings. The molecule has 2 fully saturated rings. The smallest absolute Gasteiger partial charge is 0.226 e. The second kappa shape index (κ2) is 10.8. The minimum atomic E-state index is 0.119. The predicted molar refractivity (Wildman–Crippen MR) is 128 cm³/mol. The van der Waals surface area contributed by atoms with Crippen molar-refractivity contribution in [3.63, 3.8) is 0 Å². The number of benzene rings is 1. The number of rotatable bonds is 7. The number of amides is 1. The van der Waals surface area contributed by atoms with Crippen molar-refractivity contribution >= 4 is 17.5 Å². The molecule has 2 aliphatic heterocycles. The van der Waals surface area contributed by atoms with E-state index in [2.05, 4.69) is 22.0 Å². The Morgan fingerprint density at radius 2 is 1.91 bits per heavy atom. The van der Waals surface area contributed by atoms with E-state index in [-0.39, 0.29) is 11.8 Å². The predicted octanol–water partition coefficient (Wildman–Crippen LogP) is 4.51. The summed E-state index contributed by atoms with van der Waals surface area (Å²) in [6, 6.07) is 8.18. The molecule has 6 nitrogen and oxygen atoms in total. The van der Waals surface area contributed by atoms with Crippen LogP contribution in [0.3, 0.4) is 0 Å². The molecule has 0 spiro atoms. The van der Waals surface area contributed by atoms with E-state index in [4.69, 9.17) is 21.0 Å². The van der Waals surface area contributed by atoms with Gasteiger partial charge in [0.25, 0.3) is 0 Å². The first kappa shape index (κ1) is 23.3. The lowest BCUT2D eigenvalue weighted by molar-refractivity contribution is -0.126. The van der Waals surface area contributed by atoms with Crippen LogP contribution in [-0.2, 0) is 11.3 Å². The molecule has 0 unspecified atom stereocenters. The highest BCUT2D eigenvalue weighted by molar-refractivity contribution is 6.30. The molecule has 1 N–H and O–H groups in total. The molecule has 4 rings (SSSR count). The molecular weight excluding hydrogens is 424 g/mol. The lowest BCUT2D eigenvalue weighted by atomic mass is 9.95. The molecule has 1 aromatic carbocycles. The normalized spacial score (nSPS) is 21.0. The van der Waals surface area contributed by atoms with Crippen LogP contribution in [0.1, 0.15) is 50.5 Å². The van der Waals surface area contributed by atoms with Crippen LogP contribution >= 0.6 is 11.6 Å². The molecule has 174 valence electrons. The van der Waals surface area contributed by atoms with Crippen molar-refractivity contribution in [1.82, 2.24) is 20.1 Å². The quantitative estimate of drug-likeness (QED) is 0.661. The van der Waals surface area contributed by atoms with E-state index >= 15 is 0 Å². The Balaban J connectivity index is 1.22. The number of aromatic nitrogens is 1. The molecule has 0 radical (unpaired) electrons. The first-order valence-corrected chi connectivity index (χ1v) is 12.3. The van der Waals surface area contributed by atoms with Crippen LogP contribution in [-0.4, -0.2) is 59.5 Å². The maximum atomic E-state index is 12.6. The van der Waals surface area contributed by atoms with E-state index in [0.717, 1.165) is 69.1 Å². The molecule has 1 amide bonds. The lowest BCUT2D eigenvalue weighted by Gasteiger charge is -2.34. The van der Waals surface area contributed by atoms with Crippen LogP contribution in [0.2, 0.25) is 5.02 Å². The van der Waals surface area contributed by atoms with E-state index in [0.29, 0.717) is 17.0 Å². The Kier molecular flexibility index (Phi) is 7.87. The number of oxazole rings is 1. The van der Waals surface area contributed by atoms with E-state index < -0.39 is 0 Å². The third-order valence-electron chi connectivity index (χ3n) is 6.95. The summed E-state index contributed by atoms with van der Waals surface area (Å²) in [7, 11) is 0. The minimum Gasteiger partial charge on any atom is -0.441 e. The first-order chi connectivity index (χ1) is 15.5. The van der Waals surface area contributed by atoms with Gasteiger partial charge in [-0.2, -0.15) is 0 Å². The summed E-state index contributed by atoms with van der Waals surface area (Å²) in [6.45, 7) is 9.72. The average Bonchev–Trinajstić information content (AvgIpc) is 3.16. The molecule has 1 atom stereocenters. The summed E-state index contributed by atoms with van der Waals surface area (Å²) in [6.07, 6.45) is 5.68. The van der Waals surface area contributed by atoms with Crippen molar-refractivity contribution in [2.75, 3.05) is 32.7 Å². The summed E-state index contributed by atoms with van der Waals surface area (Å²) in [5.74, 6) is 1.82. The zero-order valence-electron chi connectivity index (χ0n) is 19.3. The Hall–Kier alpha value is -1.89. The van der Waals surface area contributed by atoms with Crippen LogP contribution in [0.15, 0.2) is 28.7 Å². The average molecular weight is 459 g/mol. The Bertz CT molecular complexity index is 890. The van der Waals surface area contributed by atoms with Gasteiger partial charge in [0.15, 0.2) is 0 Å². The second-order valence-electron chi connectivity index (χ2n) is 9.25. The highest BCUT2D eigenvalue weighted by Crippen LogP contribution is 2.25. The number of likely N-dealkylation sites (tertiary alicyclic amines) is 2. The zero-order valence-corrected chi connectivity index (χ0v) is 20.0. The number of carbonyl (C=O) groups excluding carboxylic acids is 1. The fourth-order valence-corrected chi connectivity index (χ4v) is 4.94. The molecule has 7 heteroatoms. The van der Waals surface area contributed by atoms with Crippen LogP contribution in [0, 0.1) is 12.8 Å². The molecule has 2 saturated heterocycles. The van der Waals surface area contributed by atoms with E-state index in [1.54, 1.807) is 0 Å². The SMILES string of the molecule is Cc1oc(-c2ccc(Cl)cc2)nc1CN1CCC(C(=O)NCCN2CCCC[C@H]2C)CC1. The summed E-state index contributed by atoms with van der Waals surface area (Å²) in [5.41, 5.74) is 1.89. The number of hydrogen-bond acceptors (Lipinski definition) is 5. The second-order valence-corrected chi connectivity index (χ2v) is 9.69. The molecule has 0 bridgehead atoms. The number of halogens is 1. The number of nitrogens with zero attached hydrogens (tertiary/aromatic N) is 3. The fraction of sp³-hybridized carbons (Fsp3) is 0.600. The van der Waals surface area contributed by atoms with Crippen LogP contribution in [0.5, 0.6) is 0 Å². The van der Waals surface area contributed by atoms with E-state index in [9.17, 15) is 4.79 Å². The van der Waals surface area contributed by atoms with Crippen LogP contribution < -0.4 is 5.32 Å². The van der Waals surface area contributed by atoms with Gasteiger partial charge in [-0.1, -0.05) is 18.0 Å². The number of carbonyl (C=O) groups is 1. The summed E-state index contributed by atoms with van der Waals surface area (Å²) < 4.78 is 5.89. The van der Waals surface area contributed by atoms with Crippen LogP contribution in [0.4, 0.5) is 0 Å². The number of nitrogens with one attached hydrogen (secondary N) is 1. The molecule has 0 aliphatic carbocycles. The molecule has 32 heavy (non-hydrogen) atoms. The Morgan fingerprint density at radius 3 is 2.62 bits per heavy atom. The fourth-order valence-electron chi connectivity index (χ4n) is 4.81. The summed E-state index contributed by atoms with van der Waals surface area (Å²) in [4.78, 5) is 22.2. The van der Waals surface area contributed by atoms with Crippen molar-refractivity contribution in [2.24, 2.45) is 5.92 Å². The highest BCUT2D eigenvalue weighted by atomic mass is 35.5. The van der Waals surface area contributed by atoms with Gasteiger partial charge in [0.1, 0.15) is 5.76 Å². The first-order valence-electron chi connectivity index (χ1n) is 12.0. The topological polar surface area (TPSA) is 61.6 Å². The molecule has 0 saturated carbocycles. The van der Waals surface area contributed by atoms with Gasteiger partial charge in [0.2, 0.25) is 11.8 Å². The van der Waals surface area contributed by atoms with Crippen LogP contribution in [0.25, 0.3) is 11.5 Å². The monoisotopic (exact) mass is 458 g/mol.